The summed E-state index contributed by atoms with van der Waals surface area (Å²) in [4.78, 5) is 11.6. The highest BCUT2D eigenvalue weighted by atomic mass is 32.1. The Morgan fingerprint density at radius 1 is 1.55 bits per heavy atom. The van der Waals surface area contributed by atoms with Gasteiger partial charge in [-0.05, 0) is 17.4 Å². The molecule has 0 spiro atoms. The van der Waals surface area contributed by atoms with Crippen molar-refractivity contribution in [3.05, 3.63) is 22.7 Å². The first-order valence-electron chi connectivity index (χ1n) is 6.41. The largest absolute Gasteiger partial charge is 0.421 e. The van der Waals surface area contributed by atoms with E-state index >= 15 is 0 Å². The van der Waals surface area contributed by atoms with E-state index in [0.29, 0.717) is 31.2 Å². The average Bonchev–Trinajstić information content (AvgIpc) is 3.12. The van der Waals surface area contributed by atoms with Crippen molar-refractivity contribution in [2.75, 3.05) is 13.2 Å². The Morgan fingerprint density at radius 2 is 2.40 bits per heavy atom. The molecule has 2 rings (SSSR count). The number of hydrogen-bond acceptors (Lipinski definition) is 6. The number of hydrogen-bond donors (Lipinski definition) is 2. The zero-order valence-electron chi connectivity index (χ0n) is 11.2. The van der Waals surface area contributed by atoms with Gasteiger partial charge in [0.25, 0.3) is 0 Å². The summed E-state index contributed by atoms with van der Waals surface area (Å²) in [6.07, 6.45) is 0.708. The summed E-state index contributed by atoms with van der Waals surface area (Å²) >= 11 is 1.56. The molecule has 0 aliphatic heterocycles. The lowest BCUT2D eigenvalue weighted by molar-refractivity contribution is -0.121. The summed E-state index contributed by atoms with van der Waals surface area (Å²) in [6.45, 7) is 2.40. The normalized spacial score (nSPS) is 12.3. The highest BCUT2D eigenvalue weighted by Gasteiger charge is 2.11. The molecule has 108 valence electrons. The van der Waals surface area contributed by atoms with E-state index < -0.39 is 0 Å². The topological polar surface area (TPSA) is 88.2 Å². The van der Waals surface area contributed by atoms with Crippen molar-refractivity contribution in [2.24, 2.45) is 5.92 Å². The Kier molecular flexibility index (Phi) is 5.25. The lowest BCUT2D eigenvalue weighted by Gasteiger charge is -2.08. The summed E-state index contributed by atoms with van der Waals surface area (Å²) in [7, 11) is 0. The fourth-order valence-electron chi connectivity index (χ4n) is 1.52. The number of thiophene rings is 1. The van der Waals surface area contributed by atoms with Gasteiger partial charge in [-0.2, -0.15) is 11.3 Å². The molecular formula is C13H17N3O3S. The fourth-order valence-corrected chi connectivity index (χ4v) is 2.15. The van der Waals surface area contributed by atoms with Gasteiger partial charge in [-0.25, -0.2) is 0 Å². The standard InChI is InChI=1S/C13H17N3O3S/c1-9(7-17)6-14-11(18)2-3-12-15-16-13(19-12)10-4-5-20-8-10/h4-5,8-9,17H,2-3,6-7H2,1H3,(H,14,18). The molecular weight excluding hydrogens is 278 g/mol. The molecule has 1 atom stereocenters. The fraction of sp³-hybridized carbons (Fsp3) is 0.462. The van der Waals surface area contributed by atoms with Gasteiger partial charge in [0, 0.05) is 36.9 Å². The van der Waals surface area contributed by atoms with Gasteiger partial charge in [-0.1, -0.05) is 6.92 Å². The number of nitrogens with one attached hydrogen (secondary N) is 1. The van der Waals surface area contributed by atoms with E-state index in [1.807, 2.05) is 23.8 Å². The van der Waals surface area contributed by atoms with Crippen LogP contribution >= 0.6 is 11.3 Å². The summed E-state index contributed by atoms with van der Waals surface area (Å²) in [5, 5.41) is 23.4. The van der Waals surface area contributed by atoms with Crippen LogP contribution in [-0.2, 0) is 11.2 Å². The quantitative estimate of drug-likeness (QED) is 0.807. The molecule has 0 aromatic carbocycles. The van der Waals surface area contributed by atoms with E-state index in [9.17, 15) is 4.79 Å². The first kappa shape index (κ1) is 14.7. The number of carbonyl (C=O) groups excluding carboxylic acids is 1. The third-order valence-corrected chi connectivity index (χ3v) is 3.44. The third kappa shape index (κ3) is 4.14. The predicted octanol–water partition coefficient (Wildman–Crippen LogP) is 1.48. The number of aromatic nitrogens is 2. The van der Waals surface area contributed by atoms with Gasteiger partial charge in [0.1, 0.15) is 0 Å². The van der Waals surface area contributed by atoms with Crippen LogP contribution in [0, 0.1) is 5.92 Å². The lowest BCUT2D eigenvalue weighted by Crippen LogP contribution is -2.29. The Bertz CT molecular complexity index is 539. The molecule has 1 amide bonds. The van der Waals surface area contributed by atoms with Crippen LogP contribution in [0.3, 0.4) is 0 Å². The second-order valence-corrected chi connectivity index (χ2v) is 5.38. The van der Waals surface area contributed by atoms with Gasteiger partial charge >= 0.3 is 0 Å². The second kappa shape index (κ2) is 7.16. The summed E-state index contributed by atoms with van der Waals surface area (Å²) < 4.78 is 5.49. The van der Waals surface area contributed by atoms with Crippen molar-refractivity contribution in [3.63, 3.8) is 0 Å². The van der Waals surface area contributed by atoms with Crippen LogP contribution in [0.1, 0.15) is 19.2 Å². The Balaban J connectivity index is 1.78. The van der Waals surface area contributed by atoms with E-state index in [1.54, 1.807) is 11.3 Å². The summed E-state index contributed by atoms with van der Waals surface area (Å²) in [5.41, 5.74) is 0.898. The number of aliphatic hydroxyl groups excluding tert-OH is 1. The molecule has 2 heterocycles. The van der Waals surface area contributed by atoms with Crippen molar-refractivity contribution >= 4 is 17.2 Å². The zero-order chi connectivity index (χ0) is 14.4. The minimum Gasteiger partial charge on any atom is -0.421 e. The van der Waals surface area contributed by atoms with Gasteiger partial charge in [-0.3, -0.25) is 4.79 Å². The average molecular weight is 295 g/mol. The van der Waals surface area contributed by atoms with Crippen molar-refractivity contribution in [1.82, 2.24) is 15.5 Å². The minimum atomic E-state index is -0.0828. The molecule has 6 nitrogen and oxygen atoms in total. The van der Waals surface area contributed by atoms with Gasteiger partial charge in [0.05, 0.1) is 0 Å². The predicted molar refractivity (Wildman–Crippen MR) is 75.2 cm³/mol. The molecule has 2 N–H and O–H groups in total. The monoisotopic (exact) mass is 295 g/mol. The maximum Gasteiger partial charge on any atom is 0.248 e. The second-order valence-electron chi connectivity index (χ2n) is 4.60. The maximum absolute atomic E-state index is 11.6. The van der Waals surface area contributed by atoms with Crippen LogP contribution in [0.15, 0.2) is 21.2 Å². The first-order chi connectivity index (χ1) is 9.69. The van der Waals surface area contributed by atoms with Crippen molar-refractivity contribution in [1.29, 1.82) is 0 Å². The number of nitrogens with zero attached hydrogens (tertiary/aromatic N) is 2. The van der Waals surface area contributed by atoms with Crippen molar-refractivity contribution < 1.29 is 14.3 Å². The molecule has 0 radical (unpaired) electrons. The summed E-state index contributed by atoms with van der Waals surface area (Å²) in [5.74, 6) is 0.917. The molecule has 0 aliphatic rings. The van der Waals surface area contributed by atoms with Crippen molar-refractivity contribution in [3.8, 4) is 11.5 Å². The van der Waals surface area contributed by atoms with Gasteiger partial charge in [-0.15, -0.1) is 10.2 Å². The smallest absolute Gasteiger partial charge is 0.248 e. The molecule has 0 saturated heterocycles. The van der Waals surface area contributed by atoms with Crippen LogP contribution < -0.4 is 5.32 Å². The SMILES string of the molecule is CC(CO)CNC(=O)CCc1nnc(-c2ccsc2)o1. The molecule has 0 saturated carbocycles. The Labute approximate surface area is 120 Å². The molecule has 0 aliphatic carbocycles. The number of aliphatic hydroxyl groups is 1. The van der Waals surface area contributed by atoms with Crippen LogP contribution in [0.4, 0.5) is 0 Å². The van der Waals surface area contributed by atoms with E-state index in [1.165, 1.54) is 0 Å². The lowest BCUT2D eigenvalue weighted by atomic mass is 10.2. The highest BCUT2D eigenvalue weighted by Crippen LogP contribution is 2.20. The van der Waals surface area contributed by atoms with E-state index in [4.69, 9.17) is 9.52 Å². The molecule has 7 heteroatoms. The van der Waals surface area contributed by atoms with Crippen LogP contribution in [0.25, 0.3) is 11.5 Å². The van der Waals surface area contributed by atoms with Crippen LogP contribution in [0.5, 0.6) is 0 Å². The van der Waals surface area contributed by atoms with Crippen LogP contribution in [0.2, 0.25) is 0 Å². The Hall–Kier alpha value is -1.73. The van der Waals surface area contributed by atoms with Gasteiger partial charge < -0.3 is 14.8 Å². The molecule has 0 fully saturated rings. The third-order valence-electron chi connectivity index (χ3n) is 2.76. The molecule has 2 aromatic rings. The van der Waals surface area contributed by atoms with E-state index in [2.05, 4.69) is 15.5 Å². The molecule has 0 bridgehead atoms. The maximum atomic E-state index is 11.6. The molecule has 20 heavy (non-hydrogen) atoms. The zero-order valence-corrected chi connectivity index (χ0v) is 12.0. The van der Waals surface area contributed by atoms with Gasteiger partial charge in [0.2, 0.25) is 17.7 Å². The molecule has 1 unspecified atom stereocenters. The highest BCUT2D eigenvalue weighted by molar-refractivity contribution is 7.08. The van der Waals surface area contributed by atoms with E-state index in [-0.39, 0.29) is 18.4 Å². The Morgan fingerprint density at radius 3 is 3.10 bits per heavy atom. The van der Waals surface area contributed by atoms with Crippen LogP contribution in [-0.4, -0.2) is 34.4 Å². The number of amides is 1. The van der Waals surface area contributed by atoms with Gasteiger partial charge in [0.15, 0.2) is 0 Å². The first-order valence-corrected chi connectivity index (χ1v) is 7.36. The number of rotatable bonds is 7. The number of aryl methyl sites for hydroxylation is 1. The molecule has 2 aromatic heterocycles. The minimum absolute atomic E-state index is 0.0625. The van der Waals surface area contributed by atoms with E-state index in [0.717, 1.165) is 5.56 Å². The number of carbonyl (C=O) groups is 1. The summed E-state index contributed by atoms with van der Waals surface area (Å²) in [6, 6.07) is 1.91. The van der Waals surface area contributed by atoms with Crippen molar-refractivity contribution in [2.45, 2.75) is 19.8 Å².